The monoisotopic (exact) mass is 438 g/mol. The van der Waals surface area contributed by atoms with Crippen LogP contribution in [0, 0.1) is 23.4 Å². The third kappa shape index (κ3) is 2.66. The number of pyridine rings is 1. The van der Waals surface area contributed by atoms with E-state index in [1.807, 2.05) is 6.92 Å². The zero-order valence-electron chi connectivity index (χ0n) is 16.3. The predicted molar refractivity (Wildman–Crippen MR) is 111 cm³/mol. The molecule has 1 aromatic carbocycles. The van der Waals surface area contributed by atoms with Crippen LogP contribution in [-0.2, 0) is 0 Å². The van der Waals surface area contributed by atoms with Gasteiger partial charge in [0.1, 0.15) is 15.9 Å². The number of piperidine rings is 1. The van der Waals surface area contributed by atoms with Gasteiger partial charge in [-0.15, -0.1) is 0 Å². The molecule has 0 spiro atoms. The van der Waals surface area contributed by atoms with Gasteiger partial charge in [0.25, 0.3) is 5.56 Å². The van der Waals surface area contributed by atoms with Crippen molar-refractivity contribution in [1.82, 2.24) is 8.94 Å². The average Bonchev–Trinajstić information content (AvgIpc) is 3.48. The van der Waals surface area contributed by atoms with Gasteiger partial charge in [0.05, 0.1) is 10.9 Å². The highest BCUT2D eigenvalue weighted by Gasteiger charge is 2.36. The van der Waals surface area contributed by atoms with Gasteiger partial charge in [0, 0.05) is 25.2 Å². The highest BCUT2D eigenvalue weighted by atomic mass is 32.1. The van der Waals surface area contributed by atoms with Crippen LogP contribution in [0.3, 0.4) is 0 Å². The molecule has 2 atom stereocenters. The molecule has 5 rings (SSSR count). The minimum atomic E-state index is -1.42. The van der Waals surface area contributed by atoms with Crippen molar-refractivity contribution in [3.8, 4) is 0 Å². The molecule has 2 fully saturated rings. The first-order chi connectivity index (χ1) is 14.3. The maximum Gasteiger partial charge on any atom is 0.271 e. The summed E-state index contributed by atoms with van der Waals surface area (Å²) in [4.78, 5) is 26.7. The standard InChI is InChI=1S/C20H21F3N4O2S/c1-2-8-5-6-26(7-10(8)24)17-14(22)13(21)11-16(15(17)23)27(9-3-4-9)20-12(18(11)28)19(29)25-30-20/h8-10H,2-7,24H2,1H3,(H,25,29)/t8-,10?/m1/s1. The lowest BCUT2D eigenvalue weighted by atomic mass is 9.89. The molecule has 3 N–H and O–H groups in total. The molecule has 1 saturated carbocycles. The minimum Gasteiger partial charge on any atom is -0.365 e. The molecular formula is C20H21F3N4O2S. The smallest absolute Gasteiger partial charge is 0.271 e. The molecule has 1 saturated heterocycles. The highest BCUT2D eigenvalue weighted by Crippen LogP contribution is 2.43. The number of nitrogens with two attached hydrogens (primary N) is 1. The second-order valence-electron chi connectivity index (χ2n) is 8.22. The maximum absolute atomic E-state index is 15.8. The summed E-state index contributed by atoms with van der Waals surface area (Å²) < 4.78 is 50.1. The first kappa shape index (κ1) is 19.6. The van der Waals surface area contributed by atoms with E-state index in [4.69, 9.17) is 5.73 Å². The number of anilines is 1. The summed E-state index contributed by atoms with van der Waals surface area (Å²) in [5, 5.41) is -0.958. The van der Waals surface area contributed by atoms with Crippen molar-refractivity contribution in [2.24, 2.45) is 11.7 Å². The van der Waals surface area contributed by atoms with Gasteiger partial charge in [0.2, 0.25) is 5.43 Å². The fourth-order valence-electron chi connectivity index (χ4n) is 4.66. The second-order valence-corrected chi connectivity index (χ2v) is 9.02. The number of hydrogen-bond donors (Lipinski definition) is 2. The number of H-pyrrole nitrogens is 1. The largest absolute Gasteiger partial charge is 0.365 e. The van der Waals surface area contributed by atoms with E-state index in [1.165, 1.54) is 9.47 Å². The van der Waals surface area contributed by atoms with Gasteiger partial charge in [-0.3, -0.25) is 14.0 Å². The van der Waals surface area contributed by atoms with Crippen molar-refractivity contribution in [3.05, 3.63) is 38.0 Å². The molecule has 0 amide bonds. The molecule has 30 heavy (non-hydrogen) atoms. The molecule has 6 nitrogen and oxygen atoms in total. The van der Waals surface area contributed by atoms with Crippen LogP contribution in [0.25, 0.3) is 21.1 Å². The Bertz CT molecular complexity index is 1290. The third-order valence-corrected chi connectivity index (χ3v) is 7.31. The first-order valence-corrected chi connectivity index (χ1v) is 10.9. The van der Waals surface area contributed by atoms with Crippen LogP contribution in [-0.4, -0.2) is 28.1 Å². The summed E-state index contributed by atoms with van der Waals surface area (Å²) in [6.45, 7) is 2.56. The van der Waals surface area contributed by atoms with E-state index in [0.29, 0.717) is 25.8 Å². The summed E-state index contributed by atoms with van der Waals surface area (Å²) >= 11 is 0.911. The van der Waals surface area contributed by atoms with E-state index in [1.54, 1.807) is 0 Å². The van der Waals surface area contributed by atoms with Crippen LogP contribution in [0.5, 0.6) is 0 Å². The molecule has 3 heterocycles. The van der Waals surface area contributed by atoms with Gasteiger partial charge in [-0.1, -0.05) is 13.3 Å². The molecule has 0 radical (unpaired) electrons. The number of halogens is 3. The lowest BCUT2D eigenvalue weighted by Crippen LogP contribution is -2.49. The van der Waals surface area contributed by atoms with Gasteiger partial charge < -0.3 is 15.2 Å². The molecule has 2 aliphatic rings. The Morgan fingerprint density at radius 1 is 1.10 bits per heavy atom. The SMILES string of the molecule is CC[C@@H]1CCN(c2c(F)c(F)c3c(=O)c4c(=O)[nH]sc4n(C4CC4)c3c2F)CC1N. The number of aromatic nitrogens is 2. The lowest BCUT2D eigenvalue weighted by molar-refractivity contribution is 0.338. The average molecular weight is 438 g/mol. The molecule has 1 aliphatic carbocycles. The molecule has 3 aromatic rings. The Kier molecular flexibility index (Phi) is 4.48. The van der Waals surface area contributed by atoms with Crippen molar-refractivity contribution in [3.63, 3.8) is 0 Å². The van der Waals surface area contributed by atoms with E-state index >= 15 is 13.2 Å². The molecular weight excluding hydrogens is 417 g/mol. The second kappa shape index (κ2) is 6.84. The molecule has 160 valence electrons. The Balaban J connectivity index is 1.83. The first-order valence-electron chi connectivity index (χ1n) is 10.1. The normalized spacial score (nSPS) is 22.4. The number of hydrogen-bond acceptors (Lipinski definition) is 5. The molecule has 1 unspecified atom stereocenters. The Morgan fingerprint density at radius 2 is 1.83 bits per heavy atom. The van der Waals surface area contributed by atoms with Crippen molar-refractivity contribution in [1.29, 1.82) is 0 Å². The van der Waals surface area contributed by atoms with E-state index in [0.717, 1.165) is 18.0 Å². The van der Waals surface area contributed by atoms with Gasteiger partial charge >= 0.3 is 0 Å². The van der Waals surface area contributed by atoms with Crippen molar-refractivity contribution in [2.45, 2.75) is 44.7 Å². The van der Waals surface area contributed by atoms with Gasteiger partial charge in [-0.25, -0.2) is 13.2 Å². The summed E-state index contributed by atoms with van der Waals surface area (Å²) in [5.41, 5.74) is 3.77. The van der Waals surface area contributed by atoms with E-state index in [9.17, 15) is 9.59 Å². The number of aromatic amines is 1. The van der Waals surface area contributed by atoms with E-state index < -0.39 is 39.5 Å². The summed E-state index contributed by atoms with van der Waals surface area (Å²) in [7, 11) is 0. The van der Waals surface area contributed by atoms with Gasteiger partial charge in [-0.2, -0.15) is 0 Å². The van der Waals surface area contributed by atoms with Gasteiger partial charge in [-0.05, 0) is 36.7 Å². The van der Waals surface area contributed by atoms with E-state index in [2.05, 4.69) is 4.37 Å². The Labute approximate surface area is 173 Å². The molecule has 0 bridgehead atoms. The topological polar surface area (TPSA) is 84.1 Å². The number of fused-ring (bicyclic) bond motifs is 2. The van der Waals surface area contributed by atoms with Crippen molar-refractivity contribution >= 4 is 38.3 Å². The van der Waals surface area contributed by atoms with Crippen LogP contribution in [0.1, 0.15) is 38.6 Å². The predicted octanol–water partition coefficient (Wildman–Crippen LogP) is 3.22. The van der Waals surface area contributed by atoms with Crippen LogP contribution in [0.4, 0.5) is 18.9 Å². The number of nitrogens with zero attached hydrogens (tertiary/aromatic N) is 2. The Hall–Kier alpha value is -2.33. The fourth-order valence-corrected chi connectivity index (χ4v) is 5.58. The molecule has 2 aromatic heterocycles. The van der Waals surface area contributed by atoms with Crippen LogP contribution < -0.4 is 21.6 Å². The number of rotatable bonds is 3. The zero-order valence-corrected chi connectivity index (χ0v) is 17.1. The molecule has 1 aliphatic heterocycles. The fraction of sp³-hybridized carbons (Fsp3) is 0.500. The lowest BCUT2D eigenvalue weighted by Gasteiger charge is -2.38. The third-order valence-electron chi connectivity index (χ3n) is 6.43. The number of nitrogens with one attached hydrogen (secondary N) is 1. The van der Waals surface area contributed by atoms with Crippen LogP contribution in [0.15, 0.2) is 9.59 Å². The van der Waals surface area contributed by atoms with Crippen LogP contribution in [0.2, 0.25) is 0 Å². The zero-order chi connectivity index (χ0) is 21.3. The summed E-state index contributed by atoms with van der Waals surface area (Å²) in [6.07, 6.45) is 2.92. The van der Waals surface area contributed by atoms with Crippen molar-refractivity contribution < 1.29 is 13.2 Å². The quantitative estimate of drug-likeness (QED) is 0.615. The van der Waals surface area contributed by atoms with Crippen molar-refractivity contribution in [2.75, 3.05) is 18.0 Å². The molecule has 10 heteroatoms. The van der Waals surface area contributed by atoms with E-state index in [-0.39, 0.29) is 40.3 Å². The maximum atomic E-state index is 15.8. The number of benzene rings is 1. The van der Waals surface area contributed by atoms with Gasteiger partial charge in [0.15, 0.2) is 17.5 Å². The highest BCUT2D eigenvalue weighted by molar-refractivity contribution is 7.12. The summed E-state index contributed by atoms with van der Waals surface area (Å²) in [5.74, 6) is -3.57. The summed E-state index contributed by atoms with van der Waals surface area (Å²) in [6, 6.07) is -0.452. The minimum absolute atomic E-state index is 0.164. The Morgan fingerprint density at radius 3 is 2.47 bits per heavy atom. The van der Waals surface area contributed by atoms with Crippen LogP contribution >= 0.6 is 11.5 Å².